The number of amides is 2. The maximum Gasteiger partial charge on any atom is 0.254 e. The molecule has 0 unspecified atom stereocenters. The Labute approximate surface area is 170 Å². The van der Waals surface area contributed by atoms with E-state index in [2.05, 4.69) is 0 Å². The zero-order valence-corrected chi connectivity index (χ0v) is 16.5. The van der Waals surface area contributed by atoms with Crippen LogP contribution in [0, 0.1) is 0 Å². The third-order valence-corrected chi connectivity index (χ3v) is 5.43. The number of carbonyl (C=O) groups excluding carboxylic acids is 2. The predicted octanol–water partition coefficient (Wildman–Crippen LogP) is 3.72. The number of fused-ring (bicyclic) bond motifs is 1. The van der Waals surface area contributed by atoms with E-state index in [0.29, 0.717) is 38.2 Å². The Morgan fingerprint density at radius 2 is 1.69 bits per heavy atom. The lowest BCUT2D eigenvalue weighted by molar-refractivity contribution is -0.130. The van der Waals surface area contributed by atoms with Crippen LogP contribution in [-0.2, 0) is 11.3 Å². The molecule has 0 bridgehead atoms. The van der Waals surface area contributed by atoms with E-state index in [9.17, 15) is 9.59 Å². The molecule has 0 radical (unpaired) electrons. The fourth-order valence-corrected chi connectivity index (χ4v) is 3.77. The van der Waals surface area contributed by atoms with Gasteiger partial charge in [-0.05, 0) is 34.5 Å². The summed E-state index contributed by atoms with van der Waals surface area (Å²) in [4.78, 5) is 29.4. The number of hydrogen-bond donors (Lipinski definition) is 0. The molecule has 4 rings (SSSR count). The molecule has 3 aromatic rings. The van der Waals surface area contributed by atoms with Crippen molar-refractivity contribution < 1.29 is 14.3 Å². The summed E-state index contributed by atoms with van der Waals surface area (Å²) in [5.74, 6) is 0.859. The topological polar surface area (TPSA) is 49.9 Å². The van der Waals surface area contributed by atoms with E-state index in [-0.39, 0.29) is 11.8 Å². The fourth-order valence-electron chi connectivity index (χ4n) is 3.77. The van der Waals surface area contributed by atoms with Crippen molar-refractivity contribution in [3.8, 4) is 5.75 Å². The van der Waals surface area contributed by atoms with Gasteiger partial charge in [-0.1, -0.05) is 48.5 Å². The van der Waals surface area contributed by atoms with Gasteiger partial charge in [-0.25, -0.2) is 0 Å². The minimum atomic E-state index is -0.0131. The molecule has 29 heavy (non-hydrogen) atoms. The summed E-state index contributed by atoms with van der Waals surface area (Å²) in [6.45, 7) is 2.05. The maximum absolute atomic E-state index is 13.2. The third kappa shape index (κ3) is 4.09. The van der Waals surface area contributed by atoms with Gasteiger partial charge in [0, 0.05) is 38.2 Å². The van der Waals surface area contributed by atoms with Gasteiger partial charge in [0.05, 0.1) is 7.11 Å². The van der Waals surface area contributed by atoms with Crippen molar-refractivity contribution in [3.05, 3.63) is 77.9 Å². The second kappa shape index (κ2) is 8.35. The van der Waals surface area contributed by atoms with Crippen molar-refractivity contribution in [2.45, 2.75) is 13.0 Å². The van der Waals surface area contributed by atoms with Gasteiger partial charge in [0.1, 0.15) is 5.75 Å². The number of rotatable bonds is 4. The van der Waals surface area contributed by atoms with Gasteiger partial charge >= 0.3 is 0 Å². The summed E-state index contributed by atoms with van der Waals surface area (Å²) in [5, 5.41) is 2.00. The normalized spacial score (nSPS) is 14.7. The first kappa shape index (κ1) is 19.0. The summed E-state index contributed by atoms with van der Waals surface area (Å²) >= 11 is 0. The van der Waals surface area contributed by atoms with Gasteiger partial charge < -0.3 is 14.5 Å². The molecular weight excluding hydrogens is 364 g/mol. The highest BCUT2D eigenvalue weighted by atomic mass is 16.5. The Balaban J connectivity index is 1.48. The van der Waals surface area contributed by atoms with Crippen molar-refractivity contribution in [3.63, 3.8) is 0 Å². The van der Waals surface area contributed by atoms with Crippen LogP contribution in [0.15, 0.2) is 66.7 Å². The number of benzene rings is 3. The Morgan fingerprint density at radius 1 is 0.931 bits per heavy atom. The van der Waals surface area contributed by atoms with Crippen molar-refractivity contribution in [1.82, 2.24) is 9.80 Å². The van der Waals surface area contributed by atoms with Crippen molar-refractivity contribution in [2.75, 3.05) is 26.7 Å². The first-order chi connectivity index (χ1) is 14.2. The first-order valence-corrected chi connectivity index (χ1v) is 9.83. The number of methoxy groups -OCH3 is 1. The quantitative estimate of drug-likeness (QED) is 0.684. The summed E-state index contributed by atoms with van der Waals surface area (Å²) in [7, 11) is 1.63. The van der Waals surface area contributed by atoms with Gasteiger partial charge in [-0.2, -0.15) is 0 Å². The molecule has 1 aliphatic rings. The Morgan fingerprint density at radius 3 is 2.48 bits per heavy atom. The zero-order chi connectivity index (χ0) is 20.2. The Hall–Kier alpha value is -3.34. The van der Waals surface area contributed by atoms with E-state index in [1.165, 1.54) is 0 Å². The third-order valence-electron chi connectivity index (χ3n) is 5.43. The van der Waals surface area contributed by atoms with Gasteiger partial charge in [-0.3, -0.25) is 9.59 Å². The van der Waals surface area contributed by atoms with E-state index >= 15 is 0 Å². The standard InChI is InChI=1S/C24H24N2O3/c1-29-20-11-9-18(10-12-20)17-26-16-15-25(14-13-23(26)27)24(28)22-8-4-6-19-5-2-3-7-21(19)22/h2-12H,13-17H2,1H3. The second-order valence-electron chi connectivity index (χ2n) is 7.23. The minimum absolute atomic E-state index is 0.0131. The largest absolute Gasteiger partial charge is 0.497 e. The van der Waals surface area contributed by atoms with Crippen molar-refractivity contribution in [2.24, 2.45) is 0 Å². The Bertz CT molecular complexity index is 1020. The maximum atomic E-state index is 13.2. The van der Waals surface area contributed by atoms with Crippen LogP contribution in [0.5, 0.6) is 5.75 Å². The highest BCUT2D eigenvalue weighted by molar-refractivity contribution is 6.07. The van der Waals surface area contributed by atoms with Gasteiger partial charge in [-0.15, -0.1) is 0 Å². The van der Waals surface area contributed by atoms with E-state index in [4.69, 9.17) is 4.74 Å². The molecule has 1 fully saturated rings. The van der Waals surface area contributed by atoms with Crippen LogP contribution in [0.1, 0.15) is 22.3 Å². The van der Waals surface area contributed by atoms with Gasteiger partial charge in [0.2, 0.25) is 5.91 Å². The summed E-state index contributed by atoms with van der Waals surface area (Å²) in [6, 6.07) is 21.4. The number of hydrogen-bond acceptors (Lipinski definition) is 3. The molecule has 0 aromatic heterocycles. The molecule has 148 valence electrons. The average Bonchev–Trinajstić information content (AvgIpc) is 2.95. The zero-order valence-electron chi connectivity index (χ0n) is 16.5. The molecule has 1 heterocycles. The fraction of sp³-hybridized carbons (Fsp3) is 0.250. The lowest BCUT2D eigenvalue weighted by Gasteiger charge is -2.23. The van der Waals surface area contributed by atoms with Crippen LogP contribution in [0.2, 0.25) is 0 Å². The van der Waals surface area contributed by atoms with Gasteiger partial charge in [0.15, 0.2) is 0 Å². The summed E-state index contributed by atoms with van der Waals surface area (Å²) < 4.78 is 5.19. The highest BCUT2D eigenvalue weighted by Gasteiger charge is 2.25. The minimum Gasteiger partial charge on any atom is -0.497 e. The highest BCUT2D eigenvalue weighted by Crippen LogP contribution is 2.21. The first-order valence-electron chi connectivity index (χ1n) is 9.83. The average molecular weight is 388 g/mol. The number of ether oxygens (including phenoxy) is 1. The molecule has 0 aliphatic carbocycles. The number of carbonyl (C=O) groups is 2. The van der Waals surface area contributed by atoms with E-state index in [1.54, 1.807) is 12.0 Å². The van der Waals surface area contributed by atoms with Crippen LogP contribution in [0.3, 0.4) is 0 Å². The van der Waals surface area contributed by atoms with E-state index in [1.807, 2.05) is 71.6 Å². The lowest BCUT2D eigenvalue weighted by atomic mass is 10.0. The van der Waals surface area contributed by atoms with Crippen LogP contribution in [0.25, 0.3) is 10.8 Å². The molecule has 1 saturated heterocycles. The molecule has 5 nitrogen and oxygen atoms in total. The monoisotopic (exact) mass is 388 g/mol. The van der Waals surface area contributed by atoms with E-state index in [0.717, 1.165) is 22.1 Å². The molecule has 2 amide bonds. The van der Waals surface area contributed by atoms with E-state index < -0.39 is 0 Å². The predicted molar refractivity (Wildman–Crippen MR) is 113 cm³/mol. The van der Waals surface area contributed by atoms with Crippen LogP contribution >= 0.6 is 0 Å². The second-order valence-corrected chi connectivity index (χ2v) is 7.23. The van der Waals surface area contributed by atoms with Crippen molar-refractivity contribution in [1.29, 1.82) is 0 Å². The lowest BCUT2D eigenvalue weighted by Crippen LogP contribution is -2.35. The number of nitrogens with zero attached hydrogens (tertiary/aromatic N) is 2. The van der Waals surface area contributed by atoms with Crippen LogP contribution < -0.4 is 4.74 Å². The molecular formula is C24H24N2O3. The van der Waals surface area contributed by atoms with Gasteiger partial charge in [0.25, 0.3) is 5.91 Å². The molecule has 5 heteroatoms. The van der Waals surface area contributed by atoms with Crippen molar-refractivity contribution >= 4 is 22.6 Å². The van der Waals surface area contributed by atoms with Crippen LogP contribution in [-0.4, -0.2) is 48.4 Å². The van der Waals surface area contributed by atoms with Crippen LogP contribution in [0.4, 0.5) is 0 Å². The SMILES string of the molecule is COc1ccc(CN2CCN(C(=O)c3cccc4ccccc34)CCC2=O)cc1. The summed E-state index contributed by atoms with van der Waals surface area (Å²) in [5.41, 5.74) is 1.74. The molecule has 0 atom stereocenters. The molecule has 3 aromatic carbocycles. The molecule has 0 spiro atoms. The molecule has 0 N–H and O–H groups in total. The smallest absolute Gasteiger partial charge is 0.254 e. The summed E-state index contributed by atoms with van der Waals surface area (Å²) in [6.07, 6.45) is 0.340. The molecule has 1 aliphatic heterocycles. The Kier molecular flexibility index (Phi) is 5.47. The molecule has 0 saturated carbocycles.